The molecule has 2 atom stereocenters. The van der Waals surface area contributed by atoms with Crippen LogP contribution >= 0.6 is 0 Å². The van der Waals surface area contributed by atoms with E-state index in [1.807, 2.05) is 0 Å². The van der Waals surface area contributed by atoms with Gasteiger partial charge in [-0.2, -0.15) is 26.3 Å². The lowest BCUT2D eigenvalue weighted by atomic mass is 9.76. The van der Waals surface area contributed by atoms with Crippen molar-refractivity contribution in [2.24, 2.45) is 5.41 Å². The Kier molecular flexibility index (Phi) is 5.42. The number of hydrogen-bond donors (Lipinski definition) is 0. The van der Waals surface area contributed by atoms with Gasteiger partial charge in [0.15, 0.2) is 0 Å². The number of ether oxygens (including phenoxy) is 1. The molecule has 1 aliphatic heterocycles. The van der Waals surface area contributed by atoms with E-state index < -0.39 is 35.0 Å². The number of likely N-dealkylation sites (tertiary alicyclic amines) is 1. The predicted octanol–water partition coefficient (Wildman–Crippen LogP) is 5.15. The summed E-state index contributed by atoms with van der Waals surface area (Å²) in [4.78, 5) is 14.2. The van der Waals surface area contributed by atoms with Gasteiger partial charge in [-0.1, -0.05) is 6.42 Å². The van der Waals surface area contributed by atoms with Gasteiger partial charge in [-0.15, -0.1) is 0 Å². The molecule has 156 valence electrons. The van der Waals surface area contributed by atoms with E-state index in [2.05, 4.69) is 0 Å². The number of amides is 1. The first-order chi connectivity index (χ1) is 13.0. The topological polar surface area (TPSA) is 29.5 Å². The Morgan fingerprint density at radius 1 is 1.11 bits per heavy atom. The molecule has 2 aliphatic rings. The largest absolute Gasteiger partial charge is 0.417 e. The van der Waals surface area contributed by atoms with Gasteiger partial charge in [-0.25, -0.2) is 0 Å². The van der Waals surface area contributed by atoms with E-state index in [0.29, 0.717) is 18.6 Å². The van der Waals surface area contributed by atoms with Crippen LogP contribution in [0.5, 0.6) is 0 Å². The van der Waals surface area contributed by atoms with Crippen LogP contribution in [0.2, 0.25) is 0 Å². The van der Waals surface area contributed by atoms with E-state index in [-0.39, 0.29) is 30.7 Å². The van der Waals surface area contributed by atoms with Crippen molar-refractivity contribution in [1.29, 1.82) is 0 Å². The van der Waals surface area contributed by atoms with Gasteiger partial charge in [-0.3, -0.25) is 4.79 Å². The van der Waals surface area contributed by atoms with Crippen LogP contribution in [-0.4, -0.2) is 37.1 Å². The zero-order chi connectivity index (χ0) is 20.7. The van der Waals surface area contributed by atoms with E-state index in [0.717, 1.165) is 25.7 Å². The summed E-state index contributed by atoms with van der Waals surface area (Å²) < 4.78 is 84.3. The molecule has 1 heterocycles. The lowest BCUT2D eigenvalue weighted by Crippen LogP contribution is -2.50. The molecule has 28 heavy (non-hydrogen) atoms. The molecule has 0 N–H and O–H groups in total. The van der Waals surface area contributed by atoms with Crippen LogP contribution in [0.1, 0.15) is 53.6 Å². The number of methoxy groups -OCH3 is 1. The highest BCUT2D eigenvalue weighted by Gasteiger charge is 2.47. The first kappa shape index (κ1) is 21.0. The van der Waals surface area contributed by atoms with E-state index in [1.54, 1.807) is 7.11 Å². The summed E-state index contributed by atoms with van der Waals surface area (Å²) in [6, 6.07) is 1.17. The molecule has 3 nitrogen and oxygen atoms in total. The second kappa shape index (κ2) is 7.24. The molecule has 1 amide bonds. The molecule has 0 unspecified atom stereocenters. The van der Waals surface area contributed by atoms with Crippen molar-refractivity contribution in [1.82, 2.24) is 4.90 Å². The Balaban J connectivity index is 1.93. The highest BCUT2D eigenvalue weighted by atomic mass is 19.4. The summed E-state index contributed by atoms with van der Waals surface area (Å²) in [7, 11) is 1.58. The van der Waals surface area contributed by atoms with Crippen molar-refractivity contribution in [3.8, 4) is 0 Å². The van der Waals surface area contributed by atoms with Crippen LogP contribution in [0.15, 0.2) is 18.2 Å². The third-order valence-corrected chi connectivity index (χ3v) is 5.89. The number of hydrogen-bond acceptors (Lipinski definition) is 2. The van der Waals surface area contributed by atoms with Gasteiger partial charge in [0.2, 0.25) is 0 Å². The lowest BCUT2D eigenvalue weighted by molar-refractivity contribution is -0.143. The number of carbonyl (C=O) groups excluding carboxylic acids is 1. The fraction of sp³-hybridized carbons (Fsp3) is 0.632. The normalized spacial score (nSPS) is 26.1. The van der Waals surface area contributed by atoms with Crippen LogP contribution in [-0.2, 0) is 17.1 Å². The minimum atomic E-state index is -5.07. The summed E-state index contributed by atoms with van der Waals surface area (Å²) in [5.74, 6) is -0.887. The van der Waals surface area contributed by atoms with Crippen molar-refractivity contribution in [3.05, 3.63) is 34.9 Å². The zero-order valence-corrected chi connectivity index (χ0v) is 15.3. The van der Waals surface area contributed by atoms with Gasteiger partial charge in [0.05, 0.1) is 22.8 Å². The monoisotopic (exact) mass is 409 g/mol. The minimum Gasteiger partial charge on any atom is -0.381 e. The Bertz CT molecular complexity index is 745. The molecule has 0 radical (unpaired) electrons. The Morgan fingerprint density at radius 3 is 2.39 bits per heavy atom. The summed E-state index contributed by atoms with van der Waals surface area (Å²) in [5, 5.41) is 0. The molecule has 3 rings (SSSR count). The van der Waals surface area contributed by atoms with Gasteiger partial charge in [0.25, 0.3) is 5.91 Å². The van der Waals surface area contributed by atoms with Gasteiger partial charge in [-0.05, 0) is 43.9 Å². The maximum atomic E-state index is 13.4. The predicted molar refractivity (Wildman–Crippen MR) is 88.7 cm³/mol. The number of benzene rings is 1. The van der Waals surface area contributed by atoms with Crippen LogP contribution in [0.4, 0.5) is 26.3 Å². The Labute approximate surface area is 158 Å². The maximum absolute atomic E-state index is 13.4. The quantitative estimate of drug-likeness (QED) is 0.633. The van der Waals surface area contributed by atoms with Crippen LogP contribution in [0, 0.1) is 5.41 Å². The molecular weight excluding hydrogens is 388 g/mol. The fourth-order valence-corrected chi connectivity index (χ4v) is 4.59. The summed E-state index contributed by atoms with van der Waals surface area (Å²) in [5.41, 5.74) is -4.03. The molecule has 1 saturated heterocycles. The number of nitrogens with zero attached hydrogens (tertiary/aromatic N) is 1. The van der Waals surface area contributed by atoms with E-state index in [4.69, 9.17) is 4.74 Å². The average Bonchev–Trinajstić information content (AvgIpc) is 3.00. The fourth-order valence-electron chi connectivity index (χ4n) is 4.59. The van der Waals surface area contributed by atoms with Gasteiger partial charge in [0.1, 0.15) is 0 Å². The minimum absolute atomic E-state index is 0.0144. The Hall–Kier alpha value is -1.77. The molecule has 0 bridgehead atoms. The Morgan fingerprint density at radius 2 is 1.79 bits per heavy atom. The third kappa shape index (κ3) is 3.86. The standard InChI is InChI=1S/C19H21F6NO2/c1-28-15-4-2-7-17(15)8-3-9-26(11-17)16(27)13-6-5-12(18(20,21)22)10-14(13)19(23,24)25/h5-6,10,15H,2-4,7-9,11H2,1H3/t15-,17+/m1/s1. The highest BCUT2D eigenvalue weighted by molar-refractivity contribution is 5.96. The van der Waals surface area contributed by atoms with Gasteiger partial charge < -0.3 is 9.64 Å². The number of alkyl halides is 6. The van der Waals surface area contributed by atoms with Crippen molar-refractivity contribution in [3.63, 3.8) is 0 Å². The zero-order valence-electron chi connectivity index (χ0n) is 15.3. The second-order valence-electron chi connectivity index (χ2n) is 7.57. The van der Waals surface area contributed by atoms with Crippen LogP contribution in [0.25, 0.3) is 0 Å². The smallest absolute Gasteiger partial charge is 0.381 e. The van der Waals surface area contributed by atoms with Crippen molar-refractivity contribution in [2.75, 3.05) is 20.2 Å². The van der Waals surface area contributed by atoms with Gasteiger partial charge in [0, 0.05) is 25.6 Å². The molecule has 9 heteroatoms. The number of carbonyl (C=O) groups is 1. The molecule has 1 saturated carbocycles. The van der Waals surface area contributed by atoms with E-state index >= 15 is 0 Å². The SMILES string of the molecule is CO[C@@H]1CCC[C@@]12CCCN(C(=O)c1ccc(C(F)(F)F)cc1C(F)(F)F)C2. The molecule has 1 aromatic rings. The summed E-state index contributed by atoms with van der Waals surface area (Å²) >= 11 is 0. The first-order valence-corrected chi connectivity index (χ1v) is 9.08. The van der Waals surface area contributed by atoms with Crippen molar-refractivity contribution < 1.29 is 35.9 Å². The molecule has 1 spiro atoms. The molecule has 1 aliphatic carbocycles. The first-order valence-electron chi connectivity index (χ1n) is 9.08. The summed E-state index contributed by atoms with van der Waals surface area (Å²) in [6.07, 6.45) is -6.08. The number of rotatable bonds is 2. The number of piperidine rings is 1. The maximum Gasteiger partial charge on any atom is 0.417 e. The third-order valence-electron chi connectivity index (χ3n) is 5.89. The lowest BCUT2D eigenvalue weighted by Gasteiger charge is -2.43. The average molecular weight is 409 g/mol. The molecular formula is C19H21F6NO2. The molecule has 0 aromatic heterocycles. The second-order valence-corrected chi connectivity index (χ2v) is 7.57. The number of halogens is 6. The summed E-state index contributed by atoms with van der Waals surface area (Å²) in [6.45, 7) is 0.526. The van der Waals surface area contributed by atoms with Gasteiger partial charge >= 0.3 is 12.4 Å². The molecule has 1 aromatic carbocycles. The highest BCUT2D eigenvalue weighted by Crippen LogP contribution is 2.47. The van der Waals surface area contributed by atoms with E-state index in [1.165, 1.54) is 4.90 Å². The molecule has 2 fully saturated rings. The van der Waals surface area contributed by atoms with Crippen LogP contribution in [0.3, 0.4) is 0 Å². The van der Waals surface area contributed by atoms with Crippen LogP contribution < -0.4 is 0 Å². The van der Waals surface area contributed by atoms with Crippen molar-refractivity contribution in [2.45, 2.75) is 50.6 Å². The van der Waals surface area contributed by atoms with Crippen molar-refractivity contribution >= 4 is 5.91 Å². The van der Waals surface area contributed by atoms with E-state index in [9.17, 15) is 31.1 Å².